The predicted octanol–water partition coefficient (Wildman–Crippen LogP) is 2.22. The van der Waals surface area contributed by atoms with E-state index in [4.69, 9.17) is 9.05 Å². The van der Waals surface area contributed by atoms with Gasteiger partial charge >= 0.3 is 5.97 Å². The maximum atomic E-state index is 12.1. The van der Waals surface area contributed by atoms with E-state index in [1.165, 1.54) is 12.3 Å². The summed E-state index contributed by atoms with van der Waals surface area (Å²) in [4.78, 5) is 27.8. The van der Waals surface area contributed by atoms with Gasteiger partial charge in [-0.2, -0.15) is 0 Å². The molecule has 0 unspecified atom stereocenters. The van der Waals surface area contributed by atoms with Gasteiger partial charge in [0.2, 0.25) is 0 Å². The van der Waals surface area contributed by atoms with Gasteiger partial charge in [-0.25, -0.2) is 4.79 Å². The van der Waals surface area contributed by atoms with Gasteiger partial charge in [0.05, 0.1) is 6.04 Å². The fourth-order valence-corrected chi connectivity index (χ4v) is 2.31. The lowest BCUT2D eigenvalue weighted by Crippen LogP contribution is -2.27. The van der Waals surface area contributed by atoms with Crippen molar-refractivity contribution in [3.8, 4) is 11.3 Å². The minimum absolute atomic E-state index is 0.0277. The Hall–Kier alpha value is -3.49. The average Bonchev–Trinajstić information content (AvgIpc) is 3.22. The SMILES string of the molecule is Cc1cc(C(=O)N[C@H](C)c2onc(-c3cccnc3)c2C(=O)O)no1. The average molecular weight is 342 g/mol. The van der Waals surface area contributed by atoms with E-state index < -0.39 is 17.9 Å². The van der Waals surface area contributed by atoms with Crippen molar-refractivity contribution in [3.63, 3.8) is 0 Å². The third kappa shape index (κ3) is 3.25. The van der Waals surface area contributed by atoms with Crippen LogP contribution >= 0.6 is 0 Å². The Morgan fingerprint density at radius 2 is 2.08 bits per heavy atom. The van der Waals surface area contributed by atoms with E-state index in [1.807, 2.05) is 0 Å². The Kier molecular flexibility index (Phi) is 4.29. The van der Waals surface area contributed by atoms with Gasteiger partial charge in [0.1, 0.15) is 17.0 Å². The number of nitrogens with one attached hydrogen (secondary N) is 1. The maximum Gasteiger partial charge on any atom is 0.341 e. The molecule has 3 rings (SSSR count). The van der Waals surface area contributed by atoms with E-state index in [9.17, 15) is 14.7 Å². The largest absolute Gasteiger partial charge is 0.477 e. The lowest BCUT2D eigenvalue weighted by Gasteiger charge is -2.10. The zero-order valence-corrected chi connectivity index (χ0v) is 13.4. The Morgan fingerprint density at radius 1 is 1.28 bits per heavy atom. The number of aromatic carboxylic acids is 1. The van der Waals surface area contributed by atoms with E-state index in [1.54, 1.807) is 32.2 Å². The number of amides is 1. The topological polar surface area (TPSA) is 131 Å². The monoisotopic (exact) mass is 342 g/mol. The van der Waals surface area contributed by atoms with E-state index >= 15 is 0 Å². The van der Waals surface area contributed by atoms with Crippen LogP contribution in [0.3, 0.4) is 0 Å². The molecule has 3 aromatic heterocycles. The molecule has 0 saturated carbocycles. The quantitative estimate of drug-likeness (QED) is 0.721. The molecule has 0 bridgehead atoms. The summed E-state index contributed by atoms with van der Waals surface area (Å²) in [6.45, 7) is 3.25. The van der Waals surface area contributed by atoms with Crippen LogP contribution in [0.2, 0.25) is 0 Å². The van der Waals surface area contributed by atoms with Gasteiger partial charge in [-0.05, 0) is 26.0 Å². The lowest BCUT2D eigenvalue weighted by atomic mass is 10.0. The number of carboxylic acids is 1. The van der Waals surface area contributed by atoms with Crippen LogP contribution in [0.4, 0.5) is 0 Å². The van der Waals surface area contributed by atoms with E-state index in [-0.39, 0.29) is 22.7 Å². The van der Waals surface area contributed by atoms with Crippen molar-refractivity contribution >= 4 is 11.9 Å². The highest BCUT2D eigenvalue weighted by atomic mass is 16.5. The van der Waals surface area contributed by atoms with Gasteiger partial charge in [0.15, 0.2) is 11.5 Å². The molecule has 1 atom stereocenters. The Balaban J connectivity index is 1.90. The van der Waals surface area contributed by atoms with Gasteiger partial charge in [0.25, 0.3) is 5.91 Å². The standard InChI is InChI=1S/C16H14N4O5/c1-8-6-11(19-24-8)15(21)18-9(2)14-12(16(22)23)13(20-25-14)10-4-3-5-17-7-10/h3-7,9H,1-2H3,(H,18,21)(H,22,23)/t9-/m1/s1. The van der Waals surface area contributed by atoms with Crippen molar-refractivity contribution in [2.45, 2.75) is 19.9 Å². The Bertz CT molecular complexity index is 916. The molecular formula is C16H14N4O5. The molecule has 0 radical (unpaired) electrons. The highest BCUT2D eigenvalue weighted by molar-refractivity contribution is 5.96. The summed E-state index contributed by atoms with van der Waals surface area (Å²) in [6, 6.07) is 4.06. The summed E-state index contributed by atoms with van der Waals surface area (Å²) in [7, 11) is 0. The van der Waals surface area contributed by atoms with Crippen LogP contribution in [0.25, 0.3) is 11.3 Å². The van der Waals surface area contributed by atoms with Crippen LogP contribution in [0.15, 0.2) is 39.6 Å². The third-order valence-corrected chi connectivity index (χ3v) is 3.47. The number of carboxylic acid groups (broad SMARTS) is 1. The first-order chi connectivity index (χ1) is 12.0. The van der Waals surface area contributed by atoms with Gasteiger partial charge in [0, 0.05) is 24.0 Å². The minimum atomic E-state index is -1.21. The summed E-state index contributed by atoms with van der Waals surface area (Å²) in [5.74, 6) is -1.21. The number of aromatic nitrogens is 3. The Labute approximate surface area is 141 Å². The maximum absolute atomic E-state index is 12.1. The van der Waals surface area contributed by atoms with Crippen molar-refractivity contribution in [2.24, 2.45) is 0 Å². The minimum Gasteiger partial charge on any atom is -0.477 e. The Morgan fingerprint density at radius 3 is 2.68 bits per heavy atom. The number of nitrogens with zero attached hydrogens (tertiary/aromatic N) is 3. The van der Waals surface area contributed by atoms with Crippen molar-refractivity contribution in [3.05, 3.63) is 53.4 Å². The fourth-order valence-electron chi connectivity index (χ4n) is 2.31. The van der Waals surface area contributed by atoms with Gasteiger partial charge in [-0.3, -0.25) is 9.78 Å². The molecule has 0 aliphatic rings. The molecule has 3 aromatic rings. The molecule has 128 valence electrons. The highest BCUT2D eigenvalue weighted by Crippen LogP contribution is 2.28. The number of carbonyl (C=O) groups excluding carboxylic acids is 1. The predicted molar refractivity (Wildman–Crippen MR) is 83.8 cm³/mol. The number of pyridine rings is 1. The second-order valence-corrected chi connectivity index (χ2v) is 5.34. The molecule has 25 heavy (non-hydrogen) atoms. The second-order valence-electron chi connectivity index (χ2n) is 5.34. The number of carbonyl (C=O) groups is 2. The van der Waals surface area contributed by atoms with Crippen LogP contribution in [0, 0.1) is 6.92 Å². The summed E-state index contributed by atoms with van der Waals surface area (Å²) in [5, 5.41) is 19.6. The van der Waals surface area contributed by atoms with Gasteiger partial charge in [-0.1, -0.05) is 10.3 Å². The zero-order chi connectivity index (χ0) is 18.0. The van der Waals surface area contributed by atoms with Crippen LogP contribution in [0.1, 0.15) is 45.3 Å². The molecule has 2 N–H and O–H groups in total. The molecule has 3 heterocycles. The van der Waals surface area contributed by atoms with Crippen LogP contribution < -0.4 is 5.32 Å². The van der Waals surface area contributed by atoms with E-state index in [2.05, 4.69) is 20.6 Å². The van der Waals surface area contributed by atoms with E-state index in [0.717, 1.165) is 0 Å². The summed E-state index contributed by atoms with van der Waals surface area (Å²) in [6.07, 6.45) is 3.04. The molecule has 0 fully saturated rings. The first kappa shape index (κ1) is 16.4. The molecule has 1 amide bonds. The summed E-state index contributed by atoms with van der Waals surface area (Å²) >= 11 is 0. The number of hydrogen-bond donors (Lipinski definition) is 2. The molecule has 9 nitrogen and oxygen atoms in total. The van der Waals surface area contributed by atoms with Crippen molar-refractivity contribution < 1.29 is 23.7 Å². The normalized spacial score (nSPS) is 11.9. The van der Waals surface area contributed by atoms with E-state index in [0.29, 0.717) is 11.3 Å². The van der Waals surface area contributed by atoms with Gasteiger partial charge in [-0.15, -0.1) is 0 Å². The first-order valence-electron chi connectivity index (χ1n) is 7.34. The molecule has 9 heteroatoms. The van der Waals surface area contributed by atoms with Gasteiger partial charge < -0.3 is 19.5 Å². The summed E-state index contributed by atoms with van der Waals surface area (Å²) < 4.78 is 10.0. The third-order valence-electron chi connectivity index (χ3n) is 3.47. The van der Waals surface area contributed by atoms with Crippen molar-refractivity contribution in [1.82, 2.24) is 20.6 Å². The van der Waals surface area contributed by atoms with Crippen LogP contribution in [0.5, 0.6) is 0 Å². The molecule has 0 aliphatic carbocycles. The molecule has 0 saturated heterocycles. The first-order valence-corrected chi connectivity index (χ1v) is 7.34. The smallest absolute Gasteiger partial charge is 0.341 e. The molecule has 0 spiro atoms. The molecular weight excluding hydrogens is 328 g/mol. The molecule has 0 aliphatic heterocycles. The number of aryl methyl sites for hydroxylation is 1. The summed E-state index contributed by atoms with van der Waals surface area (Å²) in [5.41, 5.74) is 0.611. The lowest BCUT2D eigenvalue weighted by molar-refractivity contribution is 0.0692. The fraction of sp³-hybridized carbons (Fsp3) is 0.188. The van der Waals surface area contributed by atoms with Crippen LogP contribution in [-0.2, 0) is 0 Å². The zero-order valence-electron chi connectivity index (χ0n) is 13.4. The molecule has 0 aromatic carbocycles. The van der Waals surface area contributed by atoms with Crippen molar-refractivity contribution in [2.75, 3.05) is 0 Å². The second kappa shape index (κ2) is 6.56. The number of rotatable bonds is 5. The highest BCUT2D eigenvalue weighted by Gasteiger charge is 2.28. The number of hydrogen-bond acceptors (Lipinski definition) is 7. The van der Waals surface area contributed by atoms with Crippen LogP contribution in [-0.4, -0.2) is 32.3 Å². The van der Waals surface area contributed by atoms with Crippen molar-refractivity contribution in [1.29, 1.82) is 0 Å².